The van der Waals surface area contributed by atoms with Crippen LogP contribution in [0.15, 0.2) is 64.2 Å². The van der Waals surface area contributed by atoms with E-state index in [2.05, 4.69) is 25.9 Å². The lowest BCUT2D eigenvalue weighted by molar-refractivity contribution is -0.485. The molecule has 1 aliphatic rings. The number of oxime groups is 1. The van der Waals surface area contributed by atoms with Crippen molar-refractivity contribution in [2.75, 3.05) is 6.54 Å². The average Bonchev–Trinajstić information content (AvgIpc) is 2.90. The average molecular weight is 407 g/mol. The first-order chi connectivity index (χ1) is 11.9. The number of nitro groups is 1. The van der Waals surface area contributed by atoms with E-state index in [1.807, 2.05) is 0 Å². The molecule has 0 saturated heterocycles. The SMILES string of the molecule is O=C1ON=C(c2ccccc2)[C@@]1(F)[C@H](C[N+](=O)[O-])c1ccc(Br)cc1. The molecule has 0 spiro atoms. The van der Waals surface area contributed by atoms with Crippen molar-refractivity contribution in [2.24, 2.45) is 5.16 Å². The maximum absolute atomic E-state index is 15.9. The van der Waals surface area contributed by atoms with Gasteiger partial charge in [0.1, 0.15) is 5.71 Å². The van der Waals surface area contributed by atoms with Gasteiger partial charge >= 0.3 is 5.97 Å². The van der Waals surface area contributed by atoms with Gasteiger partial charge in [-0.05, 0) is 17.7 Å². The Morgan fingerprint density at radius 3 is 2.44 bits per heavy atom. The summed E-state index contributed by atoms with van der Waals surface area (Å²) in [5.41, 5.74) is -2.36. The van der Waals surface area contributed by atoms with Gasteiger partial charge in [0.15, 0.2) is 0 Å². The molecule has 0 saturated carbocycles. The smallest absolute Gasteiger partial charge is 0.314 e. The third-order valence-electron chi connectivity index (χ3n) is 3.99. The van der Waals surface area contributed by atoms with Gasteiger partial charge < -0.3 is 4.84 Å². The van der Waals surface area contributed by atoms with E-state index in [9.17, 15) is 14.9 Å². The standard InChI is InChI=1S/C17H12BrFN2O4/c18-13-8-6-11(7-9-13)14(10-21(23)24)17(19)15(20-25-16(17)22)12-4-2-1-3-5-12/h1-9,14H,10H2/t14-,17+/m1/s1. The first-order valence-corrected chi connectivity index (χ1v) is 8.13. The van der Waals surface area contributed by atoms with Crippen LogP contribution in [-0.2, 0) is 9.63 Å². The Kier molecular flexibility index (Phi) is 4.63. The predicted octanol–water partition coefficient (Wildman–Crippen LogP) is 3.48. The second-order valence-corrected chi connectivity index (χ2v) is 6.43. The first-order valence-electron chi connectivity index (χ1n) is 7.34. The molecule has 6 nitrogen and oxygen atoms in total. The Labute approximate surface area is 150 Å². The molecule has 8 heteroatoms. The largest absolute Gasteiger partial charge is 0.379 e. The van der Waals surface area contributed by atoms with Gasteiger partial charge in [0.25, 0.3) is 5.67 Å². The summed E-state index contributed by atoms with van der Waals surface area (Å²) >= 11 is 3.26. The monoisotopic (exact) mass is 406 g/mol. The molecule has 2 aromatic carbocycles. The maximum atomic E-state index is 15.9. The molecule has 0 unspecified atom stereocenters. The normalized spacial score (nSPS) is 20.7. The lowest BCUT2D eigenvalue weighted by Gasteiger charge is -2.25. The molecule has 2 aromatic rings. The van der Waals surface area contributed by atoms with Crippen LogP contribution in [-0.4, -0.2) is 28.8 Å². The lowest BCUT2D eigenvalue weighted by Crippen LogP contribution is -2.47. The summed E-state index contributed by atoms with van der Waals surface area (Å²) in [6.07, 6.45) is 0. The van der Waals surface area contributed by atoms with Gasteiger partial charge in [-0.25, -0.2) is 9.18 Å². The van der Waals surface area contributed by atoms with Crippen LogP contribution in [0.3, 0.4) is 0 Å². The van der Waals surface area contributed by atoms with Crippen molar-refractivity contribution in [3.8, 4) is 0 Å². The van der Waals surface area contributed by atoms with Crippen LogP contribution in [0, 0.1) is 10.1 Å². The number of benzene rings is 2. The molecule has 128 valence electrons. The van der Waals surface area contributed by atoms with E-state index >= 15 is 4.39 Å². The van der Waals surface area contributed by atoms with E-state index in [0.29, 0.717) is 11.1 Å². The lowest BCUT2D eigenvalue weighted by atomic mass is 9.78. The summed E-state index contributed by atoms with van der Waals surface area (Å²) in [7, 11) is 0. The van der Waals surface area contributed by atoms with Crippen molar-refractivity contribution in [3.05, 3.63) is 80.3 Å². The number of hydrogen-bond donors (Lipinski definition) is 0. The molecule has 25 heavy (non-hydrogen) atoms. The molecule has 0 radical (unpaired) electrons. The molecule has 0 amide bonds. The summed E-state index contributed by atoms with van der Waals surface area (Å²) in [4.78, 5) is 27.3. The topological polar surface area (TPSA) is 81.8 Å². The van der Waals surface area contributed by atoms with E-state index in [1.165, 1.54) is 12.1 Å². The molecule has 1 aliphatic heterocycles. The summed E-state index contributed by atoms with van der Waals surface area (Å²) in [6.45, 7) is -0.779. The Bertz CT molecular complexity index is 841. The highest BCUT2D eigenvalue weighted by molar-refractivity contribution is 9.10. The minimum atomic E-state index is -2.75. The molecule has 3 rings (SSSR count). The number of rotatable bonds is 5. The van der Waals surface area contributed by atoms with Crippen molar-refractivity contribution in [2.45, 2.75) is 11.6 Å². The van der Waals surface area contributed by atoms with Gasteiger partial charge in [-0.2, -0.15) is 0 Å². The summed E-state index contributed by atoms with van der Waals surface area (Å²) in [5, 5.41) is 14.7. The van der Waals surface area contributed by atoms with Crippen LogP contribution in [0.1, 0.15) is 17.0 Å². The van der Waals surface area contributed by atoms with Crippen LogP contribution < -0.4 is 0 Å². The van der Waals surface area contributed by atoms with Gasteiger partial charge in [-0.1, -0.05) is 63.6 Å². The second-order valence-electron chi connectivity index (χ2n) is 5.52. The Morgan fingerprint density at radius 2 is 1.84 bits per heavy atom. The van der Waals surface area contributed by atoms with E-state index < -0.39 is 29.0 Å². The molecule has 0 fully saturated rings. The first kappa shape index (κ1) is 17.2. The molecule has 0 aliphatic carbocycles. The molecule has 1 heterocycles. The Morgan fingerprint density at radius 1 is 1.20 bits per heavy atom. The minimum absolute atomic E-state index is 0.257. The van der Waals surface area contributed by atoms with Crippen molar-refractivity contribution in [1.82, 2.24) is 0 Å². The predicted molar refractivity (Wildman–Crippen MR) is 91.7 cm³/mol. The number of hydrogen-bond acceptors (Lipinski definition) is 5. The fourth-order valence-corrected chi connectivity index (χ4v) is 3.05. The quantitative estimate of drug-likeness (QED) is 0.432. The number of halogens is 2. The van der Waals surface area contributed by atoms with Gasteiger partial charge in [0.2, 0.25) is 6.54 Å². The van der Waals surface area contributed by atoms with Gasteiger partial charge in [-0.3, -0.25) is 10.1 Å². The van der Waals surface area contributed by atoms with Crippen LogP contribution >= 0.6 is 15.9 Å². The number of alkyl halides is 1. The summed E-state index contributed by atoms with van der Waals surface area (Å²) < 4.78 is 16.7. The molecule has 2 atom stereocenters. The van der Waals surface area contributed by atoms with Gasteiger partial charge in [0.05, 0.1) is 5.92 Å². The zero-order valence-electron chi connectivity index (χ0n) is 12.8. The van der Waals surface area contributed by atoms with E-state index in [-0.39, 0.29) is 5.71 Å². The van der Waals surface area contributed by atoms with Crippen LogP contribution in [0.5, 0.6) is 0 Å². The second kappa shape index (κ2) is 6.72. The third kappa shape index (κ3) is 3.17. The highest BCUT2D eigenvalue weighted by Gasteiger charge is 2.59. The zero-order valence-corrected chi connectivity index (χ0v) is 14.3. The Balaban J connectivity index is 2.11. The molecule has 0 N–H and O–H groups in total. The fraction of sp³-hybridized carbons (Fsp3) is 0.176. The van der Waals surface area contributed by atoms with Crippen molar-refractivity contribution < 1.29 is 18.9 Å². The summed E-state index contributed by atoms with van der Waals surface area (Å²) in [6, 6.07) is 14.5. The van der Waals surface area contributed by atoms with Crippen molar-refractivity contribution in [1.29, 1.82) is 0 Å². The number of carbonyl (C=O) groups is 1. The highest BCUT2D eigenvalue weighted by Crippen LogP contribution is 2.40. The highest BCUT2D eigenvalue weighted by atomic mass is 79.9. The van der Waals surface area contributed by atoms with E-state index in [0.717, 1.165) is 4.47 Å². The Hall–Kier alpha value is -2.61. The van der Waals surface area contributed by atoms with Crippen molar-refractivity contribution in [3.63, 3.8) is 0 Å². The van der Waals surface area contributed by atoms with Gasteiger partial charge in [0, 0.05) is 15.0 Å². The third-order valence-corrected chi connectivity index (χ3v) is 4.52. The van der Waals surface area contributed by atoms with Crippen LogP contribution in [0.2, 0.25) is 0 Å². The molecule has 0 bridgehead atoms. The molecular weight excluding hydrogens is 395 g/mol. The van der Waals surface area contributed by atoms with Crippen LogP contribution in [0.4, 0.5) is 4.39 Å². The number of carbonyl (C=O) groups excluding carboxylic acids is 1. The van der Waals surface area contributed by atoms with Crippen LogP contribution in [0.25, 0.3) is 0 Å². The molecular formula is C17H12BrFN2O4. The number of nitrogens with zero attached hydrogens (tertiary/aromatic N) is 2. The van der Waals surface area contributed by atoms with Gasteiger partial charge in [-0.15, -0.1) is 0 Å². The minimum Gasteiger partial charge on any atom is -0.314 e. The zero-order chi connectivity index (χ0) is 18.0. The van der Waals surface area contributed by atoms with E-state index in [1.54, 1.807) is 42.5 Å². The fourth-order valence-electron chi connectivity index (χ4n) is 2.79. The molecule has 0 aromatic heterocycles. The summed E-state index contributed by atoms with van der Waals surface area (Å²) in [5.74, 6) is -2.62. The maximum Gasteiger partial charge on any atom is 0.379 e. The van der Waals surface area contributed by atoms with Crippen molar-refractivity contribution >= 4 is 27.6 Å². The van der Waals surface area contributed by atoms with E-state index in [4.69, 9.17) is 0 Å².